The summed E-state index contributed by atoms with van der Waals surface area (Å²) < 4.78 is 11.3. The second kappa shape index (κ2) is 8.21. The van der Waals surface area contributed by atoms with Crippen LogP contribution in [0, 0.1) is 12.8 Å². The molecule has 1 atom stereocenters. The van der Waals surface area contributed by atoms with Gasteiger partial charge in [0.05, 0.1) is 12.0 Å². The predicted octanol–water partition coefficient (Wildman–Crippen LogP) is 3.60. The summed E-state index contributed by atoms with van der Waals surface area (Å²) in [5.41, 5.74) is 0.766. The van der Waals surface area contributed by atoms with E-state index in [1.54, 1.807) is 0 Å². The minimum absolute atomic E-state index is 0.122. The molecule has 1 unspecified atom stereocenters. The van der Waals surface area contributed by atoms with Crippen LogP contribution in [0.15, 0.2) is 28.8 Å². The number of halogens is 1. The van der Waals surface area contributed by atoms with E-state index in [2.05, 4.69) is 10.1 Å². The lowest BCUT2D eigenvalue weighted by atomic mass is 9.78. The van der Waals surface area contributed by atoms with Crippen molar-refractivity contribution in [3.05, 3.63) is 46.6 Å². The minimum Gasteiger partial charge on any atom is -0.375 e. The molecule has 2 aliphatic rings. The molecule has 0 bridgehead atoms. The Bertz CT molecular complexity index is 830. The van der Waals surface area contributed by atoms with Crippen molar-refractivity contribution < 1.29 is 14.1 Å². The normalized spacial score (nSPS) is 21.8. The average molecular weight is 404 g/mol. The van der Waals surface area contributed by atoms with Crippen molar-refractivity contribution in [1.29, 1.82) is 0 Å². The maximum absolute atomic E-state index is 12.7. The number of aromatic nitrogens is 2. The summed E-state index contributed by atoms with van der Waals surface area (Å²) in [5.74, 6) is 2.03. The Labute approximate surface area is 170 Å². The number of carbonyl (C=O) groups excluding carboxylic acids is 1. The van der Waals surface area contributed by atoms with E-state index in [0.29, 0.717) is 23.3 Å². The van der Waals surface area contributed by atoms with E-state index in [1.165, 1.54) is 0 Å². The van der Waals surface area contributed by atoms with Gasteiger partial charge < -0.3 is 14.2 Å². The number of nitrogens with zero attached hydrogens (tertiary/aromatic N) is 3. The van der Waals surface area contributed by atoms with Crippen molar-refractivity contribution in [2.45, 2.75) is 51.0 Å². The van der Waals surface area contributed by atoms with Crippen LogP contribution in [0.3, 0.4) is 0 Å². The molecule has 1 amide bonds. The molecule has 6 nitrogen and oxygen atoms in total. The molecule has 1 spiro atoms. The number of hydrogen-bond acceptors (Lipinski definition) is 5. The van der Waals surface area contributed by atoms with Crippen LogP contribution in [0.25, 0.3) is 0 Å². The lowest BCUT2D eigenvalue weighted by Gasteiger charge is -2.46. The van der Waals surface area contributed by atoms with Crippen molar-refractivity contribution in [1.82, 2.24) is 15.0 Å². The van der Waals surface area contributed by atoms with E-state index >= 15 is 0 Å². The van der Waals surface area contributed by atoms with Gasteiger partial charge >= 0.3 is 0 Å². The van der Waals surface area contributed by atoms with E-state index in [0.717, 1.165) is 63.2 Å². The smallest absolute Gasteiger partial charge is 0.227 e. The van der Waals surface area contributed by atoms with Gasteiger partial charge in [0.2, 0.25) is 11.8 Å². The van der Waals surface area contributed by atoms with E-state index in [4.69, 9.17) is 20.9 Å². The molecule has 7 heteroatoms. The molecule has 0 aliphatic carbocycles. The topological polar surface area (TPSA) is 68.5 Å². The summed E-state index contributed by atoms with van der Waals surface area (Å²) in [5, 5.41) is 4.69. The zero-order valence-corrected chi connectivity index (χ0v) is 17.0. The first kappa shape index (κ1) is 19.4. The first-order valence-electron chi connectivity index (χ1n) is 9.97. The van der Waals surface area contributed by atoms with E-state index < -0.39 is 0 Å². The monoisotopic (exact) mass is 403 g/mol. The lowest BCUT2D eigenvalue weighted by Crippen LogP contribution is -2.51. The van der Waals surface area contributed by atoms with Gasteiger partial charge in [0, 0.05) is 38.1 Å². The van der Waals surface area contributed by atoms with Crippen molar-refractivity contribution in [3.63, 3.8) is 0 Å². The molecule has 2 aromatic rings. The van der Waals surface area contributed by atoms with Crippen LogP contribution >= 0.6 is 11.6 Å². The van der Waals surface area contributed by atoms with Gasteiger partial charge in [0.15, 0.2) is 5.82 Å². The summed E-state index contributed by atoms with van der Waals surface area (Å²) in [4.78, 5) is 19.0. The highest BCUT2D eigenvalue weighted by molar-refractivity contribution is 6.31. The van der Waals surface area contributed by atoms with Crippen LogP contribution in [-0.4, -0.2) is 46.2 Å². The summed E-state index contributed by atoms with van der Waals surface area (Å²) in [7, 11) is 0. The first-order valence-corrected chi connectivity index (χ1v) is 10.4. The molecule has 28 heavy (non-hydrogen) atoms. The molecule has 0 N–H and O–H groups in total. The largest absolute Gasteiger partial charge is 0.375 e. The molecule has 1 aromatic heterocycles. The highest BCUT2D eigenvalue weighted by Crippen LogP contribution is 2.38. The highest BCUT2D eigenvalue weighted by Gasteiger charge is 2.41. The van der Waals surface area contributed by atoms with Crippen LogP contribution in [0.5, 0.6) is 0 Å². The van der Waals surface area contributed by atoms with Gasteiger partial charge in [-0.2, -0.15) is 4.98 Å². The number of benzene rings is 1. The van der Waals surface area contributed by atoms with Crippen LogP contribution in [-0.2, 0) is 22.4 Å². The Hall–Kier alpha value is -1.92. The van der Waals surface area contributed by atoms with Gasteiger partial charge in [-0.15, -0.1) is 0 Å². The van der Waals surface area contributed by atoms with Crippen molar-refractivity contribution in [2.24, 2.45) is 5.92 Å². The van der Waals surface area contributed by atoms with Gasteiger partial charge in [-0.3, -0.25) is 4.79 Å². The van der Waals surface area contributed by atoms with E-state index in [1.807, 2.05) is 36.1 Å². The summed E-state index contributed by atoms with van der Waals surface area (Å²) in [6, 6.07) is 7.55. The van der Waals surface area contributed by atoms with E-state index in [-0.39, 0.29) is 11.5 Å². The molecular weight excluding hydrogens is 378 g/mol. The average Bonchev–Trinajstić information content (AvgIpc) is 3.09. The number of piperidine rings is 1. The molecular formula is C21H26ClN3O3. The fourth-order valence-electron chi connectivity index (χ4n) is 4.41. The Morgan fingerprint density at radius 1 is 1.32 bits per heavy atom. The zero-order valence-electron chi connectivity index (χ0n) is 16.2. The minimum atomic E-state index is -0.122. The molecule has 1 aromatic carbocycles. The third-order valence-corrected chi connectivity index (χ3v) is 6.33. The fourth-order valence-corrected chi connectivity index (χ4v) is 4.62. The van der Waals surface area contributed by atoms with Gasteiger partial charge in [-0.1, -0.05) is 35.0 Å². The molecule has 0 radical (unpaired) electrons. The molecule has 3 heterocycles. The molecule has 0 saturated carbocycles. The SMILES string of the molecule is Cc1nc(CC2CCOC3(CCN(C(=O)Cc4ccccc4Cl)CC3)C2)no1. The predicted molar refractivity (Wildman–Crippen MR) is 105 cm³/mol. The van der Waals surface area contributed by atoms with Gasteiger partial charge in [-0.05, 0) is 43.2 Å². The summed E-state index contributed by atoms with van der Waals surface area (Å²) in [6.07, 6.45) is 4.95. The number of hydrogen-bond donors (Lipinski definition) is 0. The summed E-state index contributed by atoms with van der Waals surface area (Å²) in [6.45, 7) is 4.04. The zero-order chi connectivity index (χ0) is 19.6. The molecule has 2 fully saturated rings. The number of likely N-dealkylation sites (tertiary alicyclic amines) is 1. The maximum atomic E-state index is 12.7. The van der Waals surface area contributed by atoms with E-state index in [9.17, 15) is 4.79 Å². The van der Waals surface area contributed by atoms with Crippen LogP contribution in [0.2, 0.25) is 5.02 Å². The number of amides is 1. The van der Waals surface area contributed by atoms with Crippen molar-refractivity contribution >= 4 is 17.5 Å². The third kappa shape index (κ3) is 4.39. The van der Waals surface area contributed by atoms with Crippen LogP contribution in [0.4, 0.5) is 0 Å². The quantitative estimate of drug-likeness (QED) is 0.780. The van der Waals surface area contributed by atoms with Crippen molar-refractivity contribution in [2.75, 3.05) is 19.7 Å². The van der Waals surface area contributed by atoms with Crippen LogP contribution in [0.1, 0.15) is 43.0 Å². The first-order chi connectivity index (χ1) is 13.5. The Balaban J connectivity index is 1.32. The highest BCUT2D eigenvalue weighted by atomic mass is 35.5. The number of rotatable bonds is 4. The number of ether oxygens (including phenoxy) is 1. The molecule has 150 valence electrons. The molecule has 2 saturated heterocycles. The van der Waals surface area contributed by atoms with Crippen molar-refractivity contribution in [3.8, 4) is 0 Å². The maximum Gasteiger partial charge on any atom is 0.227 e. The number of aryl methyl sites for hydroxylation is 1. The van der Waals surface area contributed by atoms with Gasteiger partial charge in [0.25, 0.3) is 0 Å². The second-order valence-electron chi connectivity index (χ2n) is 7.97. The van der Waals surface area contributed by atoms with Gasteiger partial charge in [-0.25, -0.2) is 0 Å². The van der Waals surface area contributed by atoms with Crippen LogP contribution < -0.4 is 0 Å². The lowest BCUT2D eigenvalue weighted by molar-refractivity contribution is -0.146. The second-order valence-corrected chi connectivity index (χ2v) is 8.38. The third-order valence-electron chi connectivity index (χ3n) is 5.96. The standard InChI is InChI=1S/C21H26ClN3O3/c1-15-23-19(24-28-15)12-16-6-11-27-21(14-16)7-9-25(10-8-21)20(26)13-17-4-2-3-5-18(17)22/h2-5,16H,6-14H2,1H3. The fraction of sp³-hybridized carbons (Fsp3) is 0.571. The summed E-state index contributed by atoms with van der Waals surface area (Å²) >= 11 is 6.20. The Morgan fingerprint density at radius 2 is 2.11 bits per heavy atom. The Morgan fingerprint density at radius 3 is 2.82 bits per heavy atom. The molecule has 2 aliphatic heterocycles. The Kier molecular flexibility index (Phi) is 5.69. The number of carbonyl (C=O) groups is 1. The van der Waals surface area contributed by atoms with Gasteiger partial charge in [0.1, 0.15) is 0 Å². The molecule has 4 rings (SSSR count).